The van der Waals surface area contributed by atoms with Crippen molar-refractivity contribution in [2.45, 2.75) is 18.8 Å². The fraction of sp³-hybridized carbons (Fsp3) is 0.0857. The molecular weight excluding hydrogens is 740 g/mol. The largest absolute Gasteiger partial charge is 0.504 e. The van der Waals surface area contributed by atoms with Gasteiger partial charge in [-0.15, -0.1) is 0 Å². The second-order valence-electron chi connectivity index (χ2n) is 12.8. The Hall–Kier alpha value is -8.16. The number of hydrogen-bond donors (Lipinski definition) is 19. The van der Waals surface area contributed by atoms with Crippen molar-refractivity contribution in [1.29, 1.82) is 0 Å². The van der Waals surface area contributed by atoms with Gasteiger partial charge in [-0.3, -0.25) is 0 Å². The molecule has 0 radical (unpaired) electrons. The van der Waals surface area contributed by atoms with E-state index in [4.69, 9.17) is 4.42 Å². The van der Waals surface area contributed by atoms with E-state index >= 15 is 0 Å². The summed E-state index contributed by atoms with van der Waals surface area (Å²) < 4.78 is 5.57. The molecule has 0 unspecified atom stereocenters. The van der Waals surface area contributed by atoms with Crippen LogP contribution in [-0.4, -0.2) is 97.0 Å². The van der Waals surface area contributed by atoms with Crippen LogP contribution in [0.1, 0.15) is 24.3 Å². The van der Waals surface area contributed by atoms with Gasteiger partial charge >= 0.3 is 0 Å². The van der Waals surface area contributed by atoms with E-state index < -0.39 is 181 Å². The predicted octanol–water partition coefficient (Wildman–Crippen LogP) is 4.51. The molecule has 0 spiro atoms. The molecule has 8 rings (SSSR count). The highest BCUT2D eigenvalue weighted by molar-refractivity contribution is 6.33. The van der Waals surface area contributed by atoms with Crippen LogP contribution in [-0.2, 0) is 0 Å². The van der Waals surface area contributed by atoms with Gasteiger partial charge in [-0.25, -0.2) is 0 Å². The van der Waals surface area contributed by atoms with Crippen molar-refractivity contribution in [2.75, 3.05) is 0 Å². The molecular formula is C35H24O20. The van der Waals surface area contributed by atoms with Crippen LogP contribution in [0.15, 0.2) is 4.42 Å². The third kappa shape index (κ3) is 3.87. The van der Waals surface area contributed by atoms with E-state index in [-0.39, 0.29) is 18.4 Å². The van der Waals surface area contributed by atoms with Gasteiger partial charge in [0.1, 0.15) is 0 Å². The summed E-state index contributed by atoms with van der Waals surface area (Å²) in [5, 5.41) is 203. The lowest BCUT2D eigenvalue weighted by atomic mass is 9.80. The summed E-state index contributed by atoms with van der Waals surface area (Å²) >= 11 is 0. The molecule has 7 aromatic rings. The molecule has 284 valence electrons. The highest BCUT2D eigenvalue weighted by atomic mass is 16.4. The fourth-order valence-electron chi connectivity index (χ4n) is 7.24. The molecule has 1 aromatic heterocycles. The van der Waals surface area contributed by atoms with Crippen LogP contribution >= 0.6 is 0 Å². The van der Waals surface area contributed by atoms with Crippen LogP contribution in [0.2, 0.25) is 0 Å². The van der Waals surface area contributed by atoms with Gasteiger partial charge in [-0.1, -0.05) is 0 Å². The molecule has 1 aliphatic carbocycles. The maximum absolute atomic E-state index is 11.7. The van der Waals surface area contributed by atoms with Crippen LogP contribution in [0, 0.1) is 0 Å². The van der Waals surface area contributed by atoms with E-state index in [0.717, 1.165) is 0 Å². The number of phenolic OH excluding ortho intramolecular Hbond substituents is 19. The van der Waals surface area contributed by atoms with Crippen molar-refractivity contribution in [1.82, 2.24) is 0 Å². The average Bonchev–Trinajstić information content (AvgIpc) is 3.93. The number of benzene rings is 6. The quantitative estimate of drug-likeness (QED) is 0.0668. The van der Waals surface area contributed by atoms with Gasteiger partial charge in [0, 0.05) is 49.2 Å². The first-order valence-corrected chi connectivity index (χ1v) is 15.5. The zero-order valence-electron chi connectivity index (χ0n) is 26.9. The van der Waals surface area contributed by atoms with E-state index in [9.17, 15) is 97.0 Å². The minimum atomic E-state index is -1.56. The molecule has 0 saturated heterocycles. The third-order valence-corrected chi connectivity index (χ3v) is 9.90. The summed E-state index contributed by atoms with van der Waals surface area (Å²) in [6.07, 6.45) is 0.442. The monoisotopic (exact) mass is 764 g/mol. The molecule has 19 N–H and O–H groups in total. The molecule has 0 atom stereocenters. The molecule has 0 amide bonds. The third-order valence-electron chi connectivity index (χ3n) is 9.90. The fourth-order valence-corrected chi connectivity index (χ4v) is 7.24. The van der Waals surface area contributed by atoms with E-state index in [2.05, 4.69) is 0 Å². The topological polar surface area (TPSA) is 398 Å². The molecule has 55 heavy (non-hydrogen) atoms. The zero-order chi connectivity index (χ0) is 40.2. The van der Waals surface area contributed by atoms with E-state index in [1.807, 2.05) is 0 Å². The van der Waals surface area contributed by atoms with Crippen LogP contribution in [0.3, 0.4) is 0 Å². The summed E-state index contributed by atoms with van der Waals surface area (Å²) in [4.78, 5) is 0. The molecule has 6 aromatic carbocycles. The Morgan fingerprint density at radius 1 is 0.255 bits per heavy atom. The number of phenols is 19. The number of fused-ring (bicyclic) bond motifs is 5. The highest BCUT2D eigenvalue weighted by Crippen LogP contribution is 2.68. The Kier molecular flexibility index (Phi) is 6.46. The minimum Gasteiger partial charge on any atom is -0.504 e. The van der Waals surface area contributed by atoms with Crippen LogP contribution in [0.5, 0.6) is 109 Å². The van der Waals surface area contributed by atoms with Gasteiger partial charge in [0.15, 0.2) is 57.2 Å². The molecule has 1 saturated carbocycles. The molecule has 1 heterocycles. The highest BCUT2D eigenvalue weighted by Gasteiger charge is 2.41. The molecule has 20 nitrogen and oxygen atoms in total. The van der Waals surface area contributed by atoms with E-state index in [1.165, 1.54) is 0 Å². The maximum atomic E-state index is 11.7. The molecule has 20 heteroatoms. The predicted molar refractivity (Wildman–Crippen MR) is 183 cm³/mol. The standard InChI is InChI=1S/C35H24O20/c36-15-4(3-1-2-3)5(12-14-22(43)29(50)31(52)33(54)35(14)55-34(12)32(15)53)6-8-10(18(39)25(46)23(44)16(8)37)7(11-9(6)17(38)24(45)26(47)19(11)40)13-20(41)27(48)30(51)28(49)21(13)42/h3,36-54H,1-2H2. The first kappa shape index (κ1) is 34.0. The van der Waals surface area contributed by atoms with Crippen LogP contribution < -0.4 is 0 Å². The Balaban J connectivity index is 1.83. The van der Waals surface area contributed by atoms with Crippen molar-refractivity contribution in [2.24, 2.45) is 0 Å². The lowest BCUT2D eigenvalue weighted by Crippen LogP contribution is -1.98. The van der Waals surface area contributed by atoms with Gasteiger partial charge < -0.3 is 101 Å². The molecule has 0 aliphatic heterocycles. The van der Waals surface area contributed by atoms with Crippen molar-refractivity contribution < 1.29 is 101 Å². The number of rotatable bonds is 3. The minimum absolute atomic E-state index is 0.221. The zero-order valence-corrected chi connectivity index (χ0v) is 26.9. The van der Waals surface area contributed by atoms with E-state index in [1.54, 1.807) is 0 Å². The van der Waals surface area contributed by atoms with Gasteiger partial charge in [0.05, 0.1) is 10.9 Å². The van der Waals surface area contributed by atoms with E-state index in [0.29, 0.717) is 0 Å². The summed E-state index contributed by atoms with van der Waals surface area (Å²) in [5.74, 6) is -27.9. The Morgan fingerprint density at radius 2 is 0.545 bits per heavy atom. The van der Waals surface area contributed by atoms with Crippen molar-refractivity contribution in [3.63, 3.8) is 0 Å². The van der Waals surface area contributed by atoms with Gasteiger partial charge in [0.2, 0.25) is 63.2 Å². The first-order chi connectivity index (χ1) is 25.8. The second-order valence-corrected chi connectivity index (χ2v) is 12.8. The lowest BCUT2D eigenvalue weighted by molar-refractivity contribution is 0.330. The number of aromatic hydroxyl groups is 19. The summed E-state index contributed by atoms with van der Waals surface area (Å²) in [7, 11) is 0. The Labute approximate surface area is 300 Å². The number of hydrogen-bond acceptors (Lipinski definition) is 20. The van der Waals surface area contributed by atoms with Gasteiger partial charge in [0.25, 0.3) is 0 Å². The van der Waals surface area contributed by atoms with Gasteiger partial charge in [-0.2, -0.15) is 0 Å². The summed E-state index contributed by atoms with van der Waals surface area (Å²) in [6.45, 7) is 0. The van der Waals surface area contributed by atoms with Crippen molar-refractivity contribution in [3.8, 4) is 131 Å². The van der Waals surface area contributed by atoms with Crippen molar-refractivity contribution in [3.05, 3.63) is 5.56 Å². The Bertz CT molecular complexity index is 2860. The normalized spacial score (nSPS) is 13.2. The summed E-state index contributed by atoms with van der Waals surface area (Å²) in [6, 6.07) is 0. The molecule has 0 bridgehead atoms. The molecule has 1 aliphatic rings. The first-order valence-electron chi connectivity index (χ1n) is 15.5. The van der Waals surface area contributed by atoms with Crippen LogP contribution in [0.25, 0.3) is 65.7 Å². The Morgan fingerprint density at radius 3 is 0.945 bits per heavy atom. The SMILES string of the molecule is Oc1c(O)c(O)c(-c2c3c(O)c(O)c(O)c(O)c3c(-c3c(C4CC4)c(O)c(O)c4oc5c(O)c(O)c(O)c(O)c5c34)c3c(O)c(O)c(O)c(O)c23)c(O)c1O. The smallest absolute Gasteiger partial charge is 0.208 e. The maximum Gasteiger partial charge on any atom is 0.208 e. The van der Waals surface area contributed by atoms with Crippen LogP contribution in [0.4, 0.5) is 0 Å². The number of furan rings is 1. The summed E-state index contributed by atoms with van der Waals surface area (Å²) in [5.41, 5.74) is -5.98. The average molecular weight is 765 g/mol. The second kappa shape index (κ2) is 10.5. The van der Waals surface area contributed by atoms with Gasteiger partial charge in [-0.05, 0) is 18.8 Å². The molecule has 1 fully saturated rings. The van der Waals surface area contributed by atoms with Crippen molar-refractivity contribution >= 4 is 43.5 Å². The lowest BCUT2D eigenvalue weighted by Gasteiger charge is -2.25.